The number of nitrogens with zero attached hydrogens (tertiary/aromatic N) is 2. The number of H-pyrrole nitrogens is 1. The van der Waals surface area contributed by atoms with Crippen LogP contribution >= 0.6 is 12.2 Å². The van der Waals surface area contributed by atoms with Gasteiger partial charge in [0.1, 0.15) is 10.5 Å². The summed E-state index contributed by atoms with van der Waals surface area (Å²) in [5.41, 5.74) is 3.73. The minimum atomic E-state index is 0.333. The van der Waals surface area contributed by atoms with Crippen LogP contribution in [0.25, 0.3) is 0 Å². The number of aromatic nitrogens is 3. The summed E-state index contributed by atoms with van der Waals surface area (Å²) in [6.07, 6.45) is 6.22. The summed E-state index contributed by atoms with van der Waals surface area (Å²) in [5, 5.41) is 0. The van der Waals surface area contributed by atoms with Crippen molar-refractivity contribution >= 4 is 12.2 Å². The molecule has 0 radical (unpaired) electrons. The highest BCUT2D eigenvalue weighted by Crippen LogP contribution is 2.34. The van der Waals surface area contributed by atoms with Gasteiger partial charge in [0.15, 0.2) is 0 Å². The number of pyridine rings is 1. The second-order valence-corrected chi connectivity index (χ2v) is 5.39. The zero-order valence-corrected chi connectivity index (χ0v) is 11.8. The Hall–Kier alpha value is -1.55. The average Bonchev–Trinajstić information content (AvgIpc) is 2.46. The van der Waals surface area contributed by atoms with Gasteiger partial charge in [-0.3, -0.25) is 4.98 Å². The average molecular weight is 271 g/mol. The summed E-state index contributed by atoms with van der Waals surface area (Å²) in [7, 11) is 0. The van der Waals surface area contributed by atoms with Gasteiger partial charge in [-0.05, 0) is 37.0 Å². The molecule has 1 N–H and O–H groups in total. The maximum atomic E-state index is 5.27. The lowest BCUT2D eigenvalue weighted by molar-refractivity contribution is 0.583. The van der Waals surface area contributed by atoms with Gasteiger partial charge in [-0.25, -0.2) is 4.98 Å². The van der Waals surface area contributed by atoms with Gasteiger partial charge in [0.2, 0.25) is 0 Å². The molecule has 3 rings (SSSR count). The Bertz CT molecular complexity index is 648. The second kappa shape index (κ2) is 5.21. The molecule has 0 amide bonds. The standard InChI is InChI=1S/C15H17N3S/c1-2-13-17-12(9-14(19)18-13)11-7-3-5-10-6-4-8-16-15(10)11/h4,6,8-9,11H,2-3,5,7H2,1H3,(H,17,18,19). The summed E-state index contributed by atoms with van der Waals surface area (Å²) in [6.45, 7) is 2.09. The van der Waals surface area contributed by atoms with E-state index in [-0.39, 0.29) is 0 Å². The number of fused-ring (bicyclic) bond motifs is 1. The number of nitrogens with one attached hydrogen (secondary N) is 1. The minimum absolute atomic E-state index is 0.333. The molecule has 19 heavy (non-hydrogen) atoms. The summed E-state index contributed by atoms with van der Waals surface area (Å²) in [6, 6.07) is 6.20. The number of hydrogen-bond acceptors (Lipinski definition) is 3. The van der Waals surface area contributed by atoms with Gasteiger partial charge >= 0.3 is 0 Å². The van der Waals surface area contributed by atoms with Crippen LogP contribution < -0.4 is 0 Å². The molecule has 2 aromatic heterocycles. The molecular weight excluding hydrogens is 254 g/mol. The smallest absolute Gasteiger partial charge is 0.130 e. The molecule has 2 heterocycles. The fourth-order valence-corrected chi connectivity index (χ4v) is 3.03. The van der Waals surface area contributed by atoms with Crippen molar-refractivity contribution < 1.29 is 0 Å². The monoisotopic (exact) mass is 271 g/mol. The molecule has 3 nitrogen and oxygen atoms in total. The lowest BCUT2D eigenvalue weighted by atomic mass is 9.84. The van der Waals surface area contributed by atoms with Crippen LogP contribution in [0.2, 0.25) is 0 Å². The van der Waals surface area contributed by atoms with Crippen molar-refractivity contribution in [3.05, 3.63) is 51.8 Å². The van der Waals surface area contributed by atoms with E-state index in [0.29, 0.717) is 10.6 Å². The highest BCUT2D eigenvalue weighted by atomic mass is 32.1. The first kappa shape index (κ1) is 12.5. The fourth-order valence-electron chi connectivity index (χ4n) is 2.80. The van der Waals surface area contributed by atoms with Gasteiger partial charge in [0.05, 0.1) is 5.69 Å². The number of aryl methyl sites for hydroxylation is 2. The molecule has 1 atom stereocenters. The third-order valence-electron chi connectivity index (χ3n) is 3.72. The van der Waals surface area contributed by atoms with E-state index >= 15 is 0 Å². The third-order valence-corrected chi connectivity index (χ3v) is 3.93. The summed E-state index contributed by atoms with van der Waals surface area (Å²) in [4.78, 5) is 12.4. The molecular formula is C15H17N3S. The van der Waals surface area contributed by atoms with Crippen LogP contribution in [0.3, 0.4) is 0 Å². The van der Waals surface area contributed by atoms with Gasteiger partial charge in [-0.2, -0.15) is 0 Å². The van der Waals surface area contributed by atoms with E-state index in [1.165, 1.54) is 17.7 Å². The van der Waals surface area contributed by atoms with Crippen LogP contribution in [-0.2, 0) is 12.8 Å². The first-order chi connectivity index (χ1) is 9.28. The van der Waals surface area contributed by atoms with Crippen LogP contribution in [0.1, 0.15) is 48.5 Å². The van der Waals surface area contributed by atoms with Crippen molar-refractivity contribution in [1.29, 1.82) is 0 Å². The Morgan fingerprint density at radius 1 is 1.47 bits per heavy atom. The Morgan fingerprint density at radius 3 is 3.21 bits per heavy atom. The topological polar surface area (TPSA) is 41.6 Å². The van der Waals surface area contributed by atoms with E-state index < -0.39 is 0 Å². The summed E-state index contributed by atoms with van der Waals surface area (Å²) in [5.74, 6) is 1.30. The molecule has 1 unspecified atom stereocenters. The Morgan fingerprint density at radius 2 is 2.37 bits per heavy atom. The van der Waals surface area contributed by atoms with Crippen molar-refractivity contribution in [2.24, 2.45) is 0 Å². The fraction of sp³-hybridized carbons (Fsp3) is 0.400. The number of hydrogen-bond donors (Lipinski definition) is 1. The van der Waals surface area contributed by atoms with Gasteiger partial charge < -0.3 is 4.98 Å². The molecule has 1 aliphatic rings. The van der Waals surface area contributed by atoms with E-state index in [2.05, 4.69) is 27.9 Å². The van der Waals surface area contributed by atoms with E-state index in [1.54, 1.807) is 0 Å². The summed E-state index contributed by atoms with van der Waals surface area (Å²) < 4.78 is 0.675. The van der Waals surface area contributed by atoms with Crippen LogP contribution in [0.15, 0.2) is 24.4 Å². The molecule has 0 saturated carbocycles. The zero-order valence-electron chi connectivity index (χ0n) is 11.0. The van der Waals surface area contributed by atoms with Crippen LogP contribution in [0.4, 0.5) is 0 Å². The highest BCUT2D eigenvalue weighted by molar-refractivity contribution is 7.71. The van der Waals surface area contributed by atoms with Crippen LogP contribution in [-0.4, -0.2) is 15.0 Å². The molecule has 98 valence electrons. The normalized spacial score (nSPS) is 18.1. The molecule has 0 fully saturated rings. The van der Waals surface area contributed by atoms with Crippen LogP contribution in [0, 0.1) is 4.64 Å². The van der Waals surface area contributed by atoms with Gasteiger partial charge in [-0.1, -0.05) is 25.2 Å². The highest BCUT2D eigenvalue weighted by Gasteiger charge is 2.23. The SMILES string of the molecule is CCc1nc(=S)cc(C2CCCc3cccnc32)[nH]1. The Kier molecular flexibility index (Phi) is 3.42. The maximum Gasteiger partial charge on any atom is 0.130 e. The number of aromatic amines is 1. The predicted molar refractivity (Wildman–Crippen MR) is 77.8 cm³/mol. The Balaban J connectivity index is 2.08. The molecule has 2 aromatic rings. The zero-order chi connectivity index (χ0) is 13.2. The third kappa shape index (κ3) is 2.45. The number of rotatable bonds is 2. The molecule has 0 spiro atoms. The van der Waals surface area contributed by atoms with Crippen molar-refractivity contribution in [1.82, 2.24) is 15.0 Å². The largest absolute Gasteiger partial charge is 0.346 e. The van der Waals surface area contributed by atoms with Crippen molar-refractivity contribution in [2.45, 2.75) is 38.5 Å². The van der Waals surface area contributed by atoms with E-state index in [0.717, 1.165) is 30.8 Å². The second-order valence-electron chi connectivity index (χ2n) is 4.97. The van der Waals surface area contributed by atoms with E-state index in [1.807, 2.05) is 18.3 Å². The van der Waals surface area contributed by atoms with Gasteiger partial charge in [0.25, 0.3) is 0 Å². The van der Waals surface area contributed by atoms with Gasteiger partial charge in [-0.15, -0.1) is 0 Å². The molecule has 1 aliphatic carbocycles. The first-order valence-electron chi connectivity index (χ1n) is 6.82. The summed E-state index contributed by atoms with van der Waals surface area (Å²) >= 11 is 5.27. The molecule has 0 aliphatic heterocycles. The Labute approximate surface area is 118 Å². The molecule has 0 bridgehead atoms. The van der Waals surface area contributed by atoms with Gasteiger partial charge in [0, 0.05) is 24.2 Å². The lowest BCUT2D eigenvalue weighted by Crippen LogP contribution is -2.15. The van der Waals surface area contributed by atoms with Crippen molar-refractivity contribution in [2.75, 3.05) is 0 Å². The molecule has 0 saturated heterocycles. The minimum Gasteiger partial charge on any atom is -0.346 e. The maximum absolute atomic E-state index is 5.27. The predicted octanol–water partition coefficient (Wildman–Crippen LogP) is 3.56. The lowest BCUT2D eigenvalue weighted by Gasteiger charge is -2.24. The van der Waals surface area contributed by atoms with Crippen LogP contribution in [0.5, 0.6) is 0 Å². The first-order valence-corrected chi connectivity index (χ1v) is 7.22. The van der Waals surface area contributed by atoms with E-state index in [4.69, 9.17) is 12.2 Å². The quantitative estimate of drug-likeness (QED) is 0.849. The van der Waals surface area contributed by atoms with E-state index in [9.17, 15) is 0 Å². The molecule has 0 aromatic carbocycles. The van der Waals surface area contributed by atoms with Crippen molar-refractivity contribution in [3.8, 4) is 0 Å². The molecule has 4 heteroatoms. The van der Waals surface area contributed by atoms with Crippen molar-refractivity contribution in [3.63, 3.8) is 0 Å².